The Morgan fingerprint density at radius 1 is 1.40 bits per heavy atom. The third-order valence-corrected chi connectivity index (χ3v) is 4.19. The highest BCUT2D eigenvalue weighted by molar-refractivity contribution is 5.86. The van der Waals surface area contributed by atoms with Gasteiger partial charge in [0.1, 0.15) is 12.2 Å². The molecule has 112 valence electrons. The number of hydrogen-bond donors (Lipinski definition) is 0. The number of esters is 1. The first-order valence-corrected chi connectivity index (χ1v) is 7.64. The summed E-state index contributed by atoms with van der Waals surface area (Å²) in [4.78, 5) is 17.6. The Morgan fingerprint density at radius 3 is 2.85 bits per heavy atom. The standard InChI is InChI=1S/C14H19NO3.C2H6/c1-3-6-11-10-9-12(16)17-13(10)14(2)7-4-5-8-15(14)18-11;1-2/h3,6,9,11,13H,4-5,7-8H2,1-2H3;1-2H3/b6-3-;/t11-,13?,14?;/m1./s1. The summed E-state index contributed by atoms with van der Waals surface area (Å²) in [5.74, 6) is -0.234. The van der Waals surface area contributed by atoms with Crippen molar-refractivity contribution in [3.63, 3.8) is 0 Å². The van der Waals surface area contributed by atoms with Crippen molar-refractivity contribution in [2.75, 3.05) is 6.54 Å². The zero-order valence-corrected chi connectivity index (χ0v) is 12.9. The van der Waals surface area contributed by atoms with Gasteiger partial charge in [-0.3, -0.25) is 4.84 Å². The minimum absolute atomic E-state index is 0.153. The fraction of sp³-hybridized carbons (Fsp3) is 0.688. The zero-order valence-electron chi connectivity index (χ0n) is 12.9. The minimum Gasteiger partial charge on any atom is -0.452 e. The number of hydrogen-bond acceptors (Lipinski definition) is 4. The van der Waals surface area contributed by atoms with E-state index in [2.05, 4.69) is 6.92 Å². The molecule has 0 spiro atoms. The van der Waals surface area contributed by atoms with Crippen molar-refractivity contribution >= 4 is 5.97 Å². The summed E-state index contributed by atoms with van der Waals surface area (Å²) in [7, 11) is 0. The van der Waals surface area contributed by atoms with Crippen molar-refractivity contribution < 1.29 is 14.4 Å². The average Bonchev–Trinajstić information content (AvgIpc) is 2.85. The van der Waals surface area contributed by atoms with Crippen molar-refractivity contribution in [1.29, 1.82) is 0 Å². The predicted molar refractivity (Wildman–Crippen MR) is 78.0 cm³/mol. The van der Waals surface area contributed by atoms with Crippen LogP contribution in [0, 0.1) is 0 Å². The van der Waals surface area contributed by atoms with Crippen LogP contribution in [0.25, 0.3) is 0 Å². The maximum Gasteiger partial charge on any atom is 0.331 e. The Morgan fingerprint density at radius 2 is 2.15 bits per heavy atom. The van der Waals surface area contributed by atoms with Crippen LogP contribution in [0.2, 0.25) is 0 Å². The molecule has 3 aliphatic rings. The van der Waals surface area contributed by atoms with E-state index in [9.17, 15) is 4.79 Å². The SMILES string of the molecule is C/C=C\[C@H]1ON2CCCCC2(C)C2OC(=O)C=C21.CC. The van der Waals surface area contributed by atoms with E-state index >= 15 is 0 Å². The number of carbonyl (C=O) groups excluding carboxylic acids is 1. The van der Waals surface area contributed by atoms with E-state index in [1.807, 2.05) is 38.0 Å². The third-order valence-electron chi connectivity index (χ3n) is 4.19. The molecule has 0 aromatic heterocycles. The number of piperidine rings is 1. The average molecular weight is 279 g/mol. The van der Waals surface area contributed by atoms with E-state index < -0.39 is 0 Å². The van der Waals surface area contributed by atoms with Crippen LogP contribution in [0.15, 0.2) is 23.8 Å². The van der Waals surface area contributed by atoms with E-state index in [4.69, 9.17) is 9.57 Å². The molecule has 20 heavy (non-hydrogen) atoms. The molecule has 3 aliphatic heterocycles. The van der Waals surface area contributed by atoms with Gasteiger partial charge >= 0.3 is 5.97 Å². The molecular formula is C16H25NO3. The predicted octanol–water partition coefficient (Wildman–Crippen LogP) is 3.00. The van der Waals surface area contributed by atoms with Gasteiger partial charge in [0, 0.05) is 18.2 Å². The van der Waals surface area contributed by atoms with Crippen molar-refractivity contribution in [3.8, 4) is 0 Å². The normalized spacial score (nSPS) is 36.6. The van der Waals surface area contributed by atoms with E-state index in [1.165, 1.54) is 0 Å². The number of carbonyl (C=O) groups is 1. The van der Waals surface area contributed by atoms with Crippen molar-refractivity contribution in [2.45, 2.75) is 64.7 Å². The summed E-state index contributed by atoms with van der Waals surface area (Å²) in [6, 6.07) is 0. The van der Waals surface area contributed by atoms with Crippen LogP contribution < -0.4 is 0 Å². The Labute approximate surface area is 121 Å². The van der Waals surface area contributed by atoms with Gasteiger partial charge in [-0.05, 0) is 26.7 Å². The van der Waals surface area contributed by atoms with Gasteiger partial charge in [-0.15, -0.1) is 0 Å². The van der Waals surface area contributed by atoms with Crippen LogP contribution >= 0.6 is 0 Å². The second kappa shape index (κ2) is 6.10. The molecule has 4 heteroatoms. The molecule has 2 saturated heterocycles. The van der Waals surface area contributed by atoms with Gasteiger partial charge in [-0.1, -0.05) is 32.4 Å². The lowest BCUT2D eigenvalue weighted by Gasteiger charge is -2.52. The fourth-order valence-electron chi connectivity index (χ4n) is 3.22. The third kappa shape index (κ3) is 2.42. The highest BCUT2D eigenvalue weighted by Gasteiger charge is 2.54. The number of rotatable bonds is 1. The lowest BCUT2D eigenvalue weighted by Crippen LogP contribution is -2.62. The molecule has 0 aromatic rings. The summed E-state index contributed by atoms with van der Waals surface area (Å²) < 4.78 is 5.53. The molecule has 2 unspecified atom stereocenters. The molecule has 3 rings (SSSR count). The Balaban J connectivity index is 0.000000704. The number of hydroxylamine groups is 2. The molecule has 0 bridgehead atoms. The first-order valence-electron chi connectivity index (χ1n) is 7.64. The lowest BCUT2D eigenvalue weighted by molar-refractivity contribution is -0.284. The molecule has 0 radical (unpaired) electrons. The first-order chi connectivity index (χ1) is 9.65. The first kappa shape index (κ1) is 15.3. The molecule has 2 fully saturated rings. The summed E-state index contributed by atoms with van der Waals surface area (Å²) in [6.45, 7) is 9.00. The second-order valence-corrected chi connectivity index (χ2v) is 5.43. The molecule has 0 amide bonds. The topological polar surface area (TPSA) is 38.8 Å². The van der Waals surface area contributed by atoms with Gasteiger partial charge in [-0.2, -0.15) is 5.06 Å². The van der Waals surface area contributed by atoms with Crippen molar-refractivity contribution in [2.24, 2.45) is 0 Å². The van der Waals surface area contributed by atoms with Crippen molar-refractivity contribution in [3.05, 3.63) is 23.8 Å². The highest BCUT2D eigenvalue weighted by Crippen LogP contribution is 2.44. The molecule has 0 aliphatic carbocycles. The monoisotopic (exact) mass is 279 g/mol. The summed E-state index contributed by atoms with van der Waals surface area (Å²) >= 11 is 0. The lowest BCUT2D eigenvalue weighted by atomic mass is 9.79. The summed E-state index contributed by atoms with van der Waals surface area (Å²) in [5, 5.41) is 2.03. The smallest absolute Gasteiger partial charge is 0.331 e. The molecule has 0 N–H and O–H groups in total. The minimum atomic E-state index is -0.234. The number of allylic oxidation sites excluding steroid dienone is 1. The maximum absolute atomic E-state index is 11.6. The van der Waals surface area contributed by atoms with Gasteiger partial charge in [0.05, 0.1) is 5.54 Å². The molecule has 3 atom stereocenters. The number of ether oxygens (including phenoxy) is 1. The number of nitrogens with zero attached hydrogens (tertiary/aromatic N) is 1. The van der Waals surface area contributed by atoms with Crippen LogP contribution in [0.3, 0.4) is 0 Å². The van der Waals surface area contributed by atoms with E-state index in [0.29, 0.717) is 0 Å². The summed E-state index contributed by atoms with van der Waals surface area (Å²) in [6.07, 6.45) is 8.53. The van der Waals surface area contributed by atoms with Gasteiger partial charge in [0.2, 0.25) is 0 Å². The van der Waals surface area contributed by atoms with Crippen LogP contribution in [-0.4, -0.2) is 35.3 Å². The molecule has 0 saturated carbocycles. The molecule has 3 heterocycles. The molecular weight excluding hydrogens is 254 g/mol. The quantitative estimate of drug-likeness (QED) is 0.546. The number of fused-ring (bicyclic) bond motifs is 3. The fourth-order valence-corrected chi connectivity index (χ4v) is 3.22. The zero-order chi connectivity index (χ0) is 14.8. The van der Waals surface area contributed by atoms with E-state index in [-0.39, 0.29) is 23.7 Å². The molecule has 4 nitrogen and oxygen atoms in total. The summed E-state index contributed by atoms with van der Waals surface area (Å²) in [5.41, 5.74) is 0.771. The van der Waals surface area contributed by atoms with Gasteiger partial charge < -0.3 is 4.74 Å². The molecule has 0 aromatic carbocycles. The van der Waals surface area contributed by atoms with Crippen molar-refractivity contribution in [1.82, 2.24) is 5.06 Å². The van der Waals surface area contributed by atoms with E-state index in [1.54, 1.807) is 6.08 Å². The Kier molecular flexibility index (Phi) is 4.66. The van der Waals surface area contributed by atoms with E-state index in [0.717, 1.165) is 31.4 Å². The van der Waals surface area contributed by atoms with Gasteiger partial charge in [0.25, 0.3) is 0 Å². The van der Waals surface area contributed by atoms with Gasteiger partial charge in [-0.25, -0.2) is 4.79 Å². The highest BCUT2D eigenvalue weighted by atomic mass is 16.7. The Bertz CT molecular complexity index is 429. The van der Waals surface area contributed by atoms with Crippen LogP contribution in [0.5, 0.6) is 0 Å². The second-order valence-electron chi connectivity index (χ2n) is 5.43. The van der Waals surface area contributed by atoms with Crippen LogP contribution in [0.4, 0.5) is 0 Å². The van der Waals surface area contributed by atoms with Crippen LogP contribution in [-0.2, 0) is 14.4 Å². The van der Waals surface area contributed by atoms with Gasteiger partial charge in [0.15, 0.2) is 0 Å². The van der Waals surface area contributed by atoms with Crippen LogP contribution in [0.1, 0.15) is 47.0 Å². The Hall–Kier alpha value is -1.13. The maximum atomic E-state index is 11.6. The largest absolute Gasteiger partial charge is 0.452 e.